The van der Waals surface area contributed by atoms with Crippen LogP contribution in [0.25, 0.3) is 0 Å². The van der Waals surface area contributed by atoms with Gasteiger partial charge >= 0.3 is 7.12 Å². The first-order valence-corrected chi connectivity index (χ1v) is 8.54. The van der Waals surface area contributed by atoms with Crippen LogP contribution in [0.3, 0.4) is 0 Å². The Kier molecular flexibility index (Phi) is 4.38. The van der Waals surface area contributed by atoms with Gasteiger partial charge in [0.25, 0.3) is 0 Å². The van der Waals surface area contributed by atoms with Crippen molar-refractivity contribution in [2.24, 2.45) is 0 Å². The smallest absolute Gasteiger partial charge is 0.494 e. The maximum Gasteiger partial charge on any atom is 0.494 e. The fraction of sp³-hybridized carbons (Fsp3) is 0.611. The van der Waals surface area contributed by atoms with Gasteiger partial charge in [-0.1, -0.05) is 12.1 Å². The molecule has 1 aromatic carbocycles. The highest BCUT2D eigenvalue weighted by molar-refractivity contribution is 6.62. The van der Waals surface area contributed by atoms with E-state index in [2.05, 4.69) is 5.32 Å². The summed E-state index contributed by atoms with van der Waals surface area (Å²) in [5.74, 6) is 0.729. The van der Waals surface area contributed by atoms with Crippen molar-refractivity contribution < 1.29 is 18.8 Å². The Morgan fingerprint density at radius 3 is 2.42 bits per heavy atom. The molecule has 0 atom stereocenters. The quantitative estimate of drug-likeness (QED) is 0.836. The zero-order valence-corrected chi connectivity index (χ0v) is 15.1. The van der Waals surface area contributed by atoms with Crippen molar-refractivity contribution in [3.63, 3.8) is 0 Å². The van der Waals surface area contributed by atoms with Gasteiger partial charge in [-0.15, -0.1) is 0 Å². The third-order valence-corrected chi connectivity index (χ3v) is 5.13. The van der Waals surface area contributed by atoms with Crippen molar-refractivity contribution in [1.82, 2.24) is 5.32 Å². The monoisotopic (exact) mass is 331 g/mol. The minimum Gasteiger partial charge on any atom is -0.496 e. The molecule has 130 valence electrons. The van der Waals surface area contributed by atoms with Crippen molar-refractivity contribution >= 4 is 18.5 Å². The fourth-order valence-electron chi connectivity index (χ4n) is 2.71. The molecule has 1 amide bonds. The number of methoxy groups -OCH3 is 1. The van der Waals surface area contributed by atoms with E-state index in [-0.39, 0.29) is 17.1 Å². The molecule has 24 heavy (non-hydrogen) atoms. The molecule has 0 spiro atoms. The Bertz CT molecular complexity index is 624. The standard InChI is InChI=1S/C18H26BNO4/c1-17(2)18(3,4)24-19(23-17)13-7-6-12(15(11-13)22-5)10-16(21)20-14-8-9-14/h6-7,11,14H,8-10H2,1-5H3,(H,20,21). The molecular weight excluding hydrogens is 305 g/mol. The number of carbonyl (C=O) groups is 1. The first kappa shape index (κ1) is 17.3. The Balaban J connectivity index is 1.75. The van der Waals surface area contributed by atoms with E-state index in [0.717, 1.165) is 23.9 Å². The summed E-state index contributed by atoms with van der Waals surface area (Å²) in [5, 5.41) is 3.00. The molecule has 1 N–H and O–H groups in total. The highest BCUT2D eigenvalue weighted by atomic mass is 16.7. The van der Waals surface area contributed by atoms with E-state index in [1.54, 1.807) is 7.11 Å². The molecule has 1 saturated carbocycles. The van der Waals surface area contributed by atoms with Crippen molar-refractivity contribution in [3.8, 4) is 5.75 Å². The maximum absolute atomic E-state index is 12.0. The van der Waals surface area contributed by atoms with Crippen LogP contribution in [0.1, 0.15) is 46.1 Å². The predicted octanol–water partition coefficient (Wildman–Crippen LogP) is 1.82. The van der Waals surface area contributed by atoms with Crippen LogP contribution in [-0.2, 0) is 20.5 Å². The third-order valence-electron chi connectivity index (χ3n) is 5.13. The molecule has 0 aromatic heterocycles. The lowest BCUT2D eigenvalue weighted by atomic mass is 9.78. The summed E-state index contributed by atoms with van der Waals surface area (Å²) in [7, 11) is 1.18. The lowest BCUT2D eigenvalue weighted by Gasteiger charge is -2.32. The minimum atomic E-state index is -0.432. The van der Waals surface area contributed by atoms with Gasteiger partial charge in [0.15, 0.2) is 0 Å². The molecule has 1 aliphatic carbocycles. The molecular formula is C18H26BNO4. The van der Waals surface area contributed by atoms with Gasteiger partial charge in [-0.05, 0) is 52.1 Å². The second-order valence-electron chi connectivity index (χ2n) is 7.68. The summed E-state index contributed by atoms with van der Waals surface area (Å²) in [6, 6.07) is 6.14. The van der Waals surface area contributed by atoms with Gasteiger partial charge in [-0.25, -0.2) is 0 Å². The molecule has 2 aliphatic rings. The van der Waals surface area contributed by atoms with E-state index in [0.29, 0.717) is 18.2 Å². The van der Waals surface area contributed by atoms with Crippen molar-refractivity contribution in [2.75, 3.05) is 7.11 Å². The summed E-state index contributed by atoms with van der Waals surface area (Å²) in [6.45, 7) is 8.11. The Hall–Kier alpha value is -1.53. The van der Waals surface area contributed by atoms with Crippen molar-refractivity contribution in [3.05, 3.63) is 23.8 Å². The van der Waals surface area contributed by atoms with Gasteiger partial charge in [0.05, 0.1) is 24.7 Å². The van der Waals surface area contributed by atoms with Crippen LogP contribution in [0.4, 0.5) is 0 Å². The van der Waals surface area contributed by atoms with E-state index in [9.17, 15) is 4.79 Å². The van der Waals surface area contributed by atoms with Crippen molar-refractivity contribution in [2.45, 2.75) is 64.2 Å². The summed E-state index contributed by atoms with van der Waals surface area (Å²) in [4.78, 5) is 12.0. The topological polar surface area (TPSA) is 56.8 Å². The number of carbonyl (C=O) groups excluding carboxylic acids is 1. The first-order chi connectivity index (χ1) is 11.2. The second-order valence-corrected chi connectivity index (χ2v) is 7.68. The average molecular weight is 331 g/mol. The molecule has 0 unspecified atom stereocenters. The number of ether oxygens (including phenoxy) is 1. The minimum absolute atomic E-state index is 0.0409. The normalized spacial score (nSPS) is 21.6. The fourth-order valence-corrected chi connectivity index (χ4v) is 2.71. The molecule has 2 fully saturated rings. The Morgan fingerprint density at radius 2 is 1.88 bits per heavy atom. The van der Waals surface area contributed by atoms with Gasteiger partial charge in [-0.3, -0.25) is 4.79 Å². The lowest BCUT2D eigenvalue weighted by Crippen LogP contribution is -2.41. The molecule has 1 saturated heterocycles. The van der Waals surface area contributed by atoms with Crippen LogP contribution >= 0.6 is 0 Å². The number of nitrogens with one attached hydrogen (secondary N) is 1. The summed E-state index contributed by atoms with van der Waals surface area (Å²) in [5.41, 5.74) is 1.01. The molecule has 1 aliphatic heterocycles. The van der Waals surface area contributed by atoms with Crippen molar-refractivity contribution in [1.29, 1.82) is 0 Å². The first-order valence-electron chi connectivity index (χ1n) is 8.54. The highest BCUT2D eigenvalue weighted by Crippen LogP contribution is 2.36. The molecule has 0 bridgehead atoms. The van der Waals surface area contributed by atoms with E-state index >= 15 is 0 Å². The van der Waals surface area contributed by atoms with Crippen LogP contribution < -0.4 is 15.5 Å². The summed E-state index contributed by atoms with van der Waals surface area (Å²) >= 11 is 0. The zero-order valence-electron chi connectivity index (χ0n) is 15.1. The Morgan fingerprint density at radius 1 is 1.25 bits per heavy atom. The number of hydrogen-bond acceptors (Lipinski definition) is 4. The van der Waals surface area contributed by atoms with Gasteiger partial charge in [-0.2, -0.15) is 0 Å². The summed E-state index contributed by atoms with van der Waals surface area (Å²) in [6.07, 6.45) is 2.50. The number of amides is 1. The lowest BCUT2D eigenvalue weighted by molar-refractivity contribution is -0.120. The van der Waals surface area contributed by atoms with Gasteiger partial charge in [0.1, 0.15) is 5.75 Å². The number of benzene rings is 1. The highest BCUT2D eigenvalue weighted by Gasteiger charge is 2.51. The van der Waals surface area contributed by atoms with Crippen LogP contribution in [0.5, 0.6) is 5.75 Å². The molecule has 3 rings (SSSR count). The maximum atomic E-state index is 12.0. The van der Waals surface area contributed by atoms with E-state index in [4.69, 9.17) is 14.0 Å². The molecule has 1 heterocycles. The summed E-state index contributed by atoms with van der Waals surface area (Å²) < 4.78 is 17.6. The third kappa shape index (κ3) is 3.45. The molecule has 5 nitrogen and oxygen atoms in total. The number of rotatable bonds is 5. The molecule has 0 radical (unpaired) electrons. The van der Waals surface area contributed by atoms with Crippen LogP contribution in [0.2, 0.25) is 0 Å². The van der Waals surface area contributed by atoms with Gasteiger partial charge in [0, 0.05) is 11.6 Å². The van der Waals surface area contributed by atoms with E-state index < -0.39 is 7.12 Å². The largest absolute Gasteiger partial charge is 0.496 e. The van der Waals surface area contributed by atoms with E-state index in [1.807, 2.05) is 45.9 Å². The van der Waals surface area contributed by atoms with Crippen LogP contribution in [-0.4, -0.2) is 37.4 Å². The average Bonchev–Trinajstić information content (AvgIpc) is 3.26. The van der Waals surface area contributed by atoms with Crippen LogP contribution in [0, 0.1) is 0 Å². The number of hydrogen-bond donors (Lipinski definition) is 1. The zero-order chi connectivity index (χ0) is 17.5. The predicted molar refractivity (Wildman–Crippen MR) is 93.6 cm³/mol. The van der Waals surface area contributed by atoms with Gasteiger partial charge in [0.2, 0.25) is 5.91 Å². The second kappa shape index (κ2) is 6.08. The van der Waals surface area contributed by atoms with Crippen LogP contribution in [0.15, 0.2) is 18.2 Å². The molecule has 1 aromatic rings. The molecule has 6 heteroatoms. The van der Waals surface area contributed by atoms with E-state index in [1.165, 1.54) is 0 Å². The SMILES string of the molecule is COc1cc(B2OC(C)(C)C(C)(C)O2)ccc1CC(=O)NC1CC1. The Labute approximate surface area is 144 Å². The van der Waals surface area contributed by atoms with Gasteiger partial charge < -0.3 is 19.4 Å².